The molecule has 2 aromatic rings. The molecule has 0 saturated carbocycles. The van der Waals surface area contributed by atoms with E-state index < -0.39 is 12.2 Å². The second kappa shape index (κ2) is 8.60. The zero-order valence-corrected chi connectivity index (χ0v) is 14.2. The molecule has 0 radical (unpaired) electrons. The van der Waals surface area contributed by atoms with Crippen LogP contribution in [-0.2, 0) is 0 Å². The molecule has 2 rings (SSSR count). The Morgan fingerprint density at radius 2 is 1.38 bits per heavy atom. The maximum Gasteiger partial charge on any atom is 0.0991 e. The molecule has 0 aliphatic heterocycles. The van der Waals surface area contributed by atoms with Gasteiger partial charge in [-0.1, -0.05) is 48.9 Å². The maximum atomic E-state index is 10.4. The first-order valence-electron chi connectivity index (χ1n) is 8.18. The minimum atomic E-state index is -0.650. The lowest BCUT2D eigenvalue weighted by atomic mass is 10.1. The molecule has 0 aliphatic carbocycles. The van der Waals surface area contributed by atoms with Crippen LogP contribution in [0.4, 0.5) is 0 Å². The number of aliphatic hydroxyl groups excluding tert-OH is 2. The Labute approximate surface area is 143 Å². The quantitative estimate of drug-likeness (QED) is 0.822. The highest BCUT2D eigenvalue weighted by atomic mass is 16.3. The van der Waals surface area contributed by atoms with E-state index in [9.17, 15) is 10.2 Å². The summed E-state index contributed by atoms with van der Waals surface area (Å²) in [6, 6.07) is 16.9. The van der Waals surface area contributed by atoms with Crippen LogP contribution in [0.2, 0.25) is 0 Å². The Morgan fingerprint density at radius 1 is 0.917 bits per heavy atom. The summed E-state index contributed by atoms with van der Waals surface area (Å²) in [5, 5.41) is 29.6. The van der Waals surface area contributed by atoms with Crippen molar-refractivity contribution in [3.63, 3.8) is 0 Å². The lowest BCUT2D eigenvalue weighted by Crippen LogP contribution is -2.32. The van der Waals surface area contributed by atoms with Crippen molar-refractivity contribution < 1.29 is 10.2 Å². The molecule has 2 unspecified atom stereocenters. The van der Waals surface area contributed by atoms with Crippen LogP contribution >= 0.6 is 0 Å². The topological polar surface area (TPSA) is 67.5 Å². The van der Waals surface area contributed by atoms with E-state index in [1.54, 1.807) is 24.3 Å². The van der Waals surface area contributed by atoms with Crippen LogP contribution < -0.4 is 0 Å². The van der Waals surface area contributed by atoms with E-state index in [-0.39, 0.29) is 0 Å². The highest BCUT2D eigenvalue weighted by molar-refractivity contribution is 5.32. The Hall–Kier alpha value is -2.19. The molecule has 0 bridgehead atoms. The van der Waals surface area contributed by atoms with Crippen molar-refractivity contribution in [3.05, 3.63) is 70.8 Å². The molecule has 126 valence electrons. The standard InChI is InChI=1S/C20H24N2O2/c1-3-22(13-19(23)17-8-4-15(2)5-9-17)14-20(24)18-10-6-16(12-21)7-11-18/h4-11,19-20,23-24H,3,13-14H2,1-2H3. The van der Waals surface area contributed by atoms with Crippen molar-refractivity contribution in [2.45, 2.75) is 26.1 Å². The van der Waals surface area contributed by atoms with Gasteiger partial charge in [-0.3, -0.25) is 4.90 Å². The highest BCUT2D eigenvalue weighted by Gasteiger charge is 2.16. The van der Waals surface area contributed by atoms with Gasteiger partial charge >= 0.3 is 0 Å². The lowest BCUT2D eigenvalue weighted by molar-refractivity contribution is 0.0718. The second-order valence-corrected chi connectivity index (χ2v) is 6.03. The first kappa shape index (κ1) is 18.2. The van der Waals surface area contributed by atoms with Gasteiger partial charge in [0.05, 0.1) is 23.8 Å². The monoisotopic (exact) mass is 324 g/mol. The van der Waals surface area contributed by atoms with E-state index in [0.717, 1.165) is 23.2 Å². The summed E-state index contributed by atoms with van der Waals surface area (Å²) in [5.74, 6) is 0. The van der Waals surface area contributed by atoms with Gasteiger partial charge in [0.1, 0.15) is 0 Å². The van der Waals surface area contributed by atoms with Crippen molar-refractivity contribution in [2.24, 2.45) is 0 Å². The SMILES string of the molecule is CCN(CC(O)c1ccc(C)cc1)CC(O)c1ccc(C#N)cc1. The fraction of sp³-hybridized carbons (Fsp3) is 0.350. The average Bonchev–Trinajstić information content (AvgIpc) is 2.61. The molecule has 0 aromatic heterocycles. The Morgan fingerprint density at radius 3 is 1.79 bits per heavy atom. The van der Waals surface area contributed by atoms with Crippen LogP contribution in [0.25, 0.3) is 0 Å². The fourth-order valence-corrected chi connectivity index (χ4v) is 2.60. The van der Waals surface area contributed by atoms with Gasteiger partial charge in [0.15, 0.2) is 0 Å². The summed E-state index contributed by atoms with van der Waals surface area (Å²) in [6.45, 7) is 5.66. The van der Waals surface area contributed by atoms with Gasteiger partial charge in [0.2, 0.25) is 0 Å². The van der Waals surface area contributed by atoms with Crippen molar-refractivity contribution >= 4 is 0 Å². The van der Waals surface area contributed by atoms with Gasteiger partial charge in [-0.15, -0.1) is 0 Å². The van der Waals surface area contributed by atoms with Gasteiger partial charge in [0.25, 0.3) is 0 Å². The number of aliphatic hydroxyl groups is 2. The largest absolute Gasteiger partial charge is 0.387 e. The molecule has 2 aromatic carbocycles. The summed E-state index contributed by atoms with van der Waals surface area (Å²) >= 11 is 0. The van der Waals surface area contributed by atoms with Crippen molar-refractivity contribution in [1.29, 1.82) is 5.26 Å². The molecule has 4 nitrogen and oxygen atoms in total. The van der Waals surface area contributed by atoms with Gasteiger partial charge in [-0.25, -0.2) is 0 Å². The molecule has 0 heterocycles. The average molecular weight is 324 g/mol. The van der Waals surface area contributed by atoms with E-state index in [2.05, 4.69) is 6.07 Å². The van der Waals surface area contributed by atoms with E-state index >= 15 is 0 Å². The van der Waals surface area contributed by atoms with Gasteiger partial charge < -0.3 is 10.2 Å². The third-order valence-electron chi connectivity index (χ3n) is 4.20. The van der Waals surface area contributed by atoms with Crippen LogP contribution in [0.3, 0.4) is 0 Å². The molecule has 2 atom stereocenters. The smallest absolute Gasteiger partial charge is 0.0991 e. The molecule has 0 amide bonds. The number of nitrogens with zero attached hydrogens (tertiary/aromatic N) is 2. The number of aryl methyl sites for hydroxylation is 1. The van der Waals surface area contributed by atoms with Crippen LogP contribution in [-0.4, -0.2) is 34.7 Å². The number of hydrogen-bond acceptors (Lipinski definition) is 4. The molecule has 0 spiro atoms. The maximum absolute atomic E-state index is 10.4. The first-order valence-corrected chi connectivity index (χ1v) is 8.18. The Bertz CT molecular complexity index is 674. The molecule has 0 aliphatic rings. The number of hydrogen-bond donors (Lipinski definition) is 2. The van der Waals surface area contributed by atoms with Crippen LogP contribution in [0.1, 0.15) is 41.4 Å². The molecule has 4 heteroatoms. The summed E-state index contributed by atoms with van der Waals surface area (Å²) in [6.07, 6.45) is -1.23. The molecular weight excluding hydrogens is 300 g/mol. The normalized spacial score (nSPS) is 13.5. The molecule has 2 N–H and O–H groups in total. The molecule has 24 heavy (non-hydrogen) atoms. The van der Waals surface area contributed by atoms with Crippen LogP contribution in [0, 0.1) is 18.3 Å². The Balaban J connectivity index is 1.97. The second-order valence-electron chi connectivity index (χ2n) is 6.03. The first-order chi connectivity index (χ1) is 11.5. The number of nitriles is 1. The predicted octanol–water partition coefficient (Wildman–Crippen LogP) is 2.96. The third kappa shape index (κ3) is 4.90. The van der Waals surface area contributed by atoms with E-state index in [1.165, 1.54) is 0 Å². The van der Waals surface area contributed by atoms with E-state index in [0.29, 0.717) is 18.7 Å². The number of likely N-dealkylation sites (N-methyl/N-ethyl adjacent to an activating group) is 1. The molecule has 0 fully saturated rings. The summed E-state index contributed by atoms with van der Waals surface area (Å²) < 4.78 is 0. The molecule has 0 saturated heterocycles. The van der Waals surface area contributed by atoms with Crippen LogP contribution in [0.5, 0.6) is 0 Å². The van der Waals surface area contributed by atoms with Crippen molar-refractivity contribution in [3.8, 4) is 6.07 Å². The summed E-state index contributed by atoms with van der Waals surface area (Å²) in [5.41, 5.74) is 3.40. The van der Waals surface area contributed by atoms with Gasteiger partial charge in [0, 0.05) is 13.1 Å². The molecular formula is C20H24N2O2. The van der Waals surface area contributed by atoms with E-state index in [4.69, 9.17) is 5.26 Å². The summed E-state index contributed by atoms with van der Waals surface area (Å²) in [7, 11) is 0. The Kier molecular flexibility index (Phi) is 6.51. The van der Waals surface area contributed by atoms with Crippen molar-refractivity contribution in [2.75, 3.05) is 19.6 Å². The minimum absolute atomic E-state index is 0.436. The summed E-state index contributed by atoms with van der Waals surface area (Å²) in [4.78, 5) is 2.02. The van der Waals surface area contributed by atoms with Gasteiger partial charge in [-0.2, -0.15) is 5.26 Å². The zero-order chi connectivity index (χ0) is 17.5. The van der Waals surface area contributed by atoms with E-state index in [1.807, 2.05) is 43.0 Å². The van der Waals surface area contributed by atoms with Crippen LogP contribution in [0.15, 0.2) is 48.5 Å². The zero-order valence-electron chi connectivity index (χ0n) is 14.2. The predicted molar refractivity (Wildman–Crippen MR) is 94.4 cm³/mol. The fourth-order valence-electron chi connectivity index (χ4n) is 2.60. The number of rotatable bonds is 7. The lowest BCUT2D eigenvalue weighted by Gasteiger charge is -2.26. The number of benzene rings is 2. The minimum Gasteiger partial charge on any atom is -0.387 e. The highest BCUT2D eigenvalue weighted by Crippen LogP contribution is 2.19. The van der Waals surface area contributed by atoms with Crippen molar-refractivity contribution in [1.82, 2.24) is 4.90 Å². The third-order valence-corrected chi connectivity index (χ3v) is 4.20. The van der Waals surface area contributed by atoms with Gasteiger partial charge in [-0.05, 0) is 36.7 Å².